The summed E-state index contributed by atoms with van der Waals surface area (Å²) in [5, 5.41) is 10.7. The van der Waals surface area contributed by atoms with Crippen LogP contribution >= 0.6 is 11.8 Å². The van der Waals surface area contributed by atoms with E-state index in [9.17, 15) is 4.79 Å². The molecule has 1 aliphatic carbocycles. The van der Waals surface area contributed by atoms with Gasteiger partial charge >= 0.3 is 0 Å². The minimum Gasteiger partial charge on any atom is -0.340 e. The number of benzene rings is 1. The summed E-state index contributed by atoms with van der Waals surface area (Å²) in [7, 11) is 0. The molecule has 0 atom stereocenters. The fourth-order valence-electron chi connectivity index (χ4n) is 4.35. The molecular formula is C22H31N5O2S. The second-order valence-corrected chi connectivity index (χ2v) is 9.50. The SMILES string of the molecule is Cc1nc(C2(NCC(=O)Nc3cccc(CN4CCSCC4)c3)CCCCC2)no1. The van der Waals surface area contributed by atoms with E-state index in [-0.39, 0.29) is 18.0 Å². The molecule has 1 aromatic heterocycles. The lowest BCUT2D eigenvalue weighted by Gasteiger charge is -2.35. The van der Waals surface area contributed by atoms with Gasteiger partial charge in [0.1, 0.15) is 0 Å². The first-order chi connectivity index (χ1) is 14.6. The quantitative estimate of drug-likeness (QED) is 0.699. The fourth-order valence-corrected chi connectivity index (χ4v) is 5.33. The topological polar surface area (TPSA) is 83.3 Å². The summed E-state index contributed by atoms with van der Waals surface area (Å²) >= 11 is 2.02. The number of hydrogen-bond donors (Lipinski definition) is 2. The molecule has 30 heavy (non-hydrogen) atoms. The number of aromatic nitrogens is 2. The van der Waals surface area contributed by atoms with Crippen LogP contribution in [0.25, 0.3) is 0 Å². The number of rotatable bonds is 7. The van der Waals surface area contributed by atoms with Crippen molar-refractivity contribution in [2.45, 2.75) is 51.1 Å². The van der Waals surface area contributed by atoms with E-state index in [2.05, 4.69) is 37.8 Å². The van der Waals surface area contributed by atoms with Crippen molar-refractivity contribution in [1.82, 2.24) is 20.4 Å². The van der Waals surface area contributed by atoms with Gasteiger partial charge in [0.05, 0.1) is 12.1 Å². The van der Waals surface area contributed by atoms with Gasteiger partial charge in [-0.2, -0.15) is 16.7 Å². The van der Waals surface area contributed by atoms with E-state index in [1.807, 2.05) is 23.9 Å². The third-order valence-corrected chi connectivity index (χ3v) is 6.91. The second kappa shape index (κ2) is 9.94. The van der Waals surface area contributed by atoms with Gasteiger partial charge in [-0.3, -0.25) is 15.0 Å². The van der Waals surface area contributed by atoms with Gasteiger partial charge in [-0.15, -0.1) is 0 Å². The molecule has 2 heterocycles. The van der Waals surface area contributed by atoms with Crippen molar-refractivity contribution in [3.05, 3.63) is 41.5 Å². The Balaban J connectivity index is 1.35. The van der Waals surface area contributed by atoms with Crippen LogP contribution < -0.4 is 10.6 Å². The Morgan fingerprint density at radius 3 is 2.77 bits per heavy atom. The molecule has 2 fully saturated rings. The zero-order valence-electron chi connectivity index (χ0n) is 17.7. The van der Waals surface area contributed by atoms with Crippen LogP contribution in [0, 0.1) is 6.92 Å². The Bertz CT molecular complexity index is 844. The van der Waals surface area contributed by atoms with Gasteiger partial charge in [0.15, 0.2) is 5.82 Å². The predicted molar refractivity (Wildman–Crippen MR) is 119 cm³/mol. The average molecular weight is 430 g/mol. The molecule has 0 unspecified atom stereocenters. The zero-order valence-corrected chi connectivity index (χ0v) is 18.5. The average Bonchev–Trinajstić information content (AvgIpc) is 3.21. The number of hydrogen-bond acceptors (Lipinski definition) is 7. The zero-order chi connectivity index (χ0) is 20.8. The van der Waals surface area contributed by atoms with Gasteiger partial charge in [0.2, 0.25) is 11.8 Å². The maximum absolute atomic E-state index is 12.7. The lowest BCUT2D eigenvalue weighted by molar-refractivity contribution is -0.115. The molecule has 7 nitrogen and oxygen atoms in total. The van der Waals surface area contributed by atoms with Gasteiger partial charge in [0, 0.05) is 43.8 Å². The highest BCUT2D eigenvalue weighted by Crippen LogP contribution is 2.35. The first kappa shape index (κ1) is 21.3. The molecule has 2 aromatic rings. The fraction of sp³-hybridized carbons (Fsp3) is 0.591. The monoisotopic (exact) mass is 429 g/mol. The number of thioether (sulfide) groups is 1. The van der Waals surface area contributed by atoms with E-state index in [0.717, 1.165) is 51.0 Å². The van der Waals surface area contributed by atoms with Crippen LogP contribution in [0.5, 0.6) is 0 Å². The number of aryl methyl sites for hydroxylation is 1. The number of carbonyl (C=O) groups excluding carboxylic acids is 1. The first-order valence-corrected chi connectivity index (χ1v) is 12.0. The molecule has 4 rings (SSSR count). The van der Waals surface area contributed by atoms with Crippen LogP contribution in [0.2, 0.25) is 0 Å². The molecule has 1 amide bonds. The standard InChI is InChI=1S/C22H31N5O2S/c1-17-24-21(26-29-17)22(8-3-2-4-9-22)23-15-20(28)25-19-7-5-6-18(14-19)16-27-10-12-30-13-11-27/h5-7,14,23H,2-4,8-13,15-16H2,1H3,(H,25,28). The summed E-state index contributed by atoms with van der Waals surface area (Å²) in [6, 6.07) is 8.18. The van der Waals surface area contributed by atoms with Crippen LogP contribution in [-0.2, 0) is 16.9 Å². The van der Waals surface area contributed by atoms with E-state index in [1.54, 1.807) is 6.92 Å². The maximum Gasteiger partial charge on any atom is 0.238 e. The molecule has 8 heteroatoms. The third kappa shape index (κ3) is 5.42. The molecule has 162 valence electrons. The van der Waals surface area contributed by atoms with Crippen LogP contribution in [0.3, 0.4) is 0 Å². The lowest BCUT2D eigenvalue weighted by Crippen LogP contribution is -2.48. The second-order valence-electron chi connectivity index (χ2n) is 8.27. The molecule has 1 aromatic carbocycles. The lowest BCUT2D eigenvalue weighted by atomic mass is 9.81. The Morgan fingerprint density at radius 1 is 1.23 bits per heavy atom. The number of carbonyl (C=O) groups is 1. The Kier molecular flexibility index (Phi) is 7.07. The summed E-state index contributed by atoms with van der Waals surface area (Å²) in [4.78, 5) is 19.6. The summed E-state index contributed by atoms with van der Waals surface area (Å²) in [5.41, 5.74) is 1.71. The molecule has 2 N–H and O–H groups in total. The highest BCUT2D eigenvalue weighted by atomic mass is 32.2. The smallest absolute Gasteiger partial charge is 0.238 e. The molecule has 1 saturated carbocycles. The highest BCUT2D eigenvalue weighted by molar-refractivity contribution is 7.99. The number of nitrogens with one attached hydrogen (secondary N) is 2. The molecule has 0 bridgehead atoms. The van der Waals surface area contributed by atoms with Crippen LogP contribution in [0.1, 0.15) is 49.4 Å². The molecule has 0 radical (unpaired) electrons. The van der Waals surface area contributed by atoms with Gasteiger partial charge < -0.3 is 9.84 Å². The largest absolute Gasteiger partial charge is 0.340 e. The van der Waals surface area contributed by atoms with Crippen molar-refractivity contribution in [2.75, 3.05) is 36.5 Å². The van der Waals surface area contributed by atoms with Crippen LogP contribution in [0.4, 0.5) is 5.69 Å². The van der Waals surface area contributed by atoms with Gasteiger partial charge in [0.25, 0.3) is 0 Å². The van der Waals surface area contributed by atoms with E-state index >= 15 is 0 Å². The predicted octanol–water partition coefficient (Wildman–Crippen LogP) is 3.31. The Hall–Kier alpha value is -1.90. The van der Waals surface area contributed by atoms with E-state index < -0.39 is 0 Å². The number of amides is 1. The summed E-state index contributed by atoms with van der Waals surface area (Å²) in [6.07, 6.45) is 5.24. The minimum absolute atomic E-state index is 0.0494. The Labute approximate surface area is 182 Å². The summed E-state index contributed by atoms with van der Waals surface area (Å²) in [5.74, 6) is 3.58. The first-order valence-electron chi connectivity index (χ1n) is 10.9. The van der Waals surface area contributed by atoms with E-state index in [1.165, 1.54) is 23.5 Å². The molecule has 2 aliphatic rings. The highest BCUT2D eigenvalue weighted by Gasteiger charge is 2.38. The Morgan fingerprint density at radius 2 is 2.03 bits per heavy atom. The van der Waals surface area contributed by atoms with Gasteiger partial charge in [-0.25, -0.2) is 0 Å². The normalized spacial score (nSPS) is 19.5. The van der Waals surface area contributed by atoms with Crippen molar-refractivity contribution in [1.29, 1.82) is 0 Å². The van der Waals surface area contributed by atoms with E-state index in [4.69, 9.17) is 4.52 Å². The van der Waals surface area contributed by atoms with Crippen molar-refractivity contribution in [3.63, 3.8) is 0 Å². The van der Waals surface area contributed by atoms with Crippen molar-refractivity contribution >= 4 is 23.4 Å². The van der Waals surface area contributed by atoms with Crippen LogP contribution in [-0.4, -0.2) is 52.1 Å². The molecule has 1 aliphatic heterocycles. The number of anilines is 1. The van der Waals surface area contributed by atoms with Crippen molar-refractivity contribution in [3.8, 4) is 0 Å². The van der Waals surface area contributed by atoms with Crippen molar-refractivity contribution < 1.29 is 9.32 Å². The van der Waals surface area contributed by atoms with Gasteiger partial charge in [-0.05, 0) is 30.5 Å². The summed E-state index contributed by atoms with van der Waals surface area (Å²) in [6.45, 7) is 5.21. The van der Waals surface area contributed by atoms with Crippen LogP contribution in [0.15, 0.2) is 28.8 Å². The van der Waals surface area contributed by atoms with E-state index in [0.29, 0.717) is 11.7 Å². The number of nitrogens with zero attached hydrogens (tertiary/aromatic N) is 3. The molecular weight excluding hydrogens is 398 g/mol. The molecule has 1 saturated heterocycles. The maximum atomic E-state index is 12.7. The summed E-state index contributed by atoms with van der Waals surface area (Å²) < 4.78 is 5.21. The van der Waals surface area contributed by atoms with Gasteiger partial charge in [-0.1, -0.05) is 36.6 Å². The molecule has 0 spiro atoms. The van der Waals surface area contributed by atoms with Crippen molar-refractivity contribution in [2.24, 2.45) is 0 Å². The minimum atomic E-state index is -0.374. The third-order valence-electron chi connectivity index (χ3n) is 5.97.